The van der Waals surface area contributed by atoms with E-state index in [-0.39, 0.29) is 54.6 Å². The van der Waals surface area contributed by atoms with Crippen molar-refractivity contribution in [1.29, 1.82) is 0 Å². The number of aromatic nitrogens is 6. The van der Waals surface area contributed by atoms with Crippen molar-refractivity contribution in [1.82, 2.24) is 29.5 Å². The lowest BCUT2D eigenvalue weighted by atomic mass is 10.1. The van der Waals surface area contributed by atoms with Crippen LogP contribution in [0.3, 0.4) is 0 Å². The molecule has 0 saturated heterocycles. The highest BCUT2D eigenvalue weighted by atomic mass is 19.4. The van der Waals surface area contributed by atoms with Gasteiger partial charge in [0.15, 0.2) is 11.6 Å². The smallest absolute Gasteiger partial charge is 0.397 e. The van der Waals surface area contributed by atoms with Gasteiger partial charge in [0.05, 0.1) is 0 Å². The van der Waals surface area contributed by atoms with E-state index in [0.717, 1.165) is 15.4 Å². The Morgan fingerprint density at radius 2 is 1.12 bits per heavy atom. The van der Waals surface area contributed by atoms with Crippen molar-refractivity contribution in [3.63, 3.8) is 0 Å². The Morgan fingerprint density at radius 1 is 0.712 bits per heavy atom. The van der Waals surface area contributed by atoms with Gasteiger partial charge < -0.3 is 19.3 Å². The van der Waals surface area contributed by atoms with Crippen LogP contribution in [0.5, 0.6) is 11.8 Å². The summed E-state index contributed by atoms with van der Waals surface area (Å²) in [5.41, 5.74) is -5.34. The van der Waals surface area contributed by atoms with Crippen molar-refractivity contribution in [2.24, 2.45) is 10.8 Å². The molecule has 2 saturated carbocycles. The molecule has 0 radical (unpaired) electrons. The molecule has 2 fully saturated rings. The van der Waals surface area contributed by atoms with E-state index in [9.17, 15) is 44.7 Å². The molecule has 2 aliphatic carbocycles. The van der Waals surface area contributed by atoms with Crippen LogP contribution < -0.4 is 9.47 Å². The standard InChI is InChI=1S/C18H19F4N3O3.C14H11F4N3O3/c1-16(2,3)28-15(26)11-4-5-12(23-14(11)19)25-9-6-13(24-25)27-10-17(7-8-17)18(20,21)22;15-11-8(12(22)23)1-2-9(19-11)21-6-3-10(20-21)24-7-13(4-5-13)14(16,17)18/h4-6,9H,7-8,10H2,1-3H3;1-3,6H,4-5,7H2,(H,22,23). The second-order valence-electron chi connectivity index (χ2n) is 13.2. The molecule has 0 aromatic carbocycles. The number of hydrogen-bond donors (Lipinski definition) is 1. The molecule has 280 valence electrons. The number of halogens is 8. The number of carboxylic acid groups (broad SMARTS) is 1. The quantitative estimate of drug-likeness (QED) is 0.103. The Kier molecular flexibility index (Phi) is 9.98. The summed E-state index contributed by atoms with van der Waals surface area (Å²) in [6.07, 6.45) is -5.87. The average molecular weight is 747 g/mol. The number of esters is 1. The molecule has 0 unspecified atom stereocenters. The van der Waals surface area contributed by atoms with Gasteiger partial charge in [0.25, 0.3) is 0 Å². The van der Waals surface area contributed by atoms with Gasteiger partial charge in [-0.1, -0.05) is 0 Å². The summed E-state index contributed by atoms with van der Waals surface area (Å²) < 4.78 is 123. The maximum atomic E-state index is 14.2. The molecule has 4 aromatic heterocycles. The molecule has 2 aliphatic rings. The zero-order chi connectivity index (χ0) is 38.3. The molecule has 12 nitrogen and oxygen atoms in total. The maximum absolute atomic E-state index is 14.2. The molecule has 0 spiro atoms. The van der Waals surface area contributed by atoms with Gasteiger partial charge >= 0.3 is 24.3 Å². The maximum Gasteiger partial charge on any atom is 0.397 e. The molecule has 6 rings (SSSR count). The van der Waals surface area contributed by atoms with Crippen molar-refractivity contribution in [3.05, 3.63) is 71.8 Å². The van der Waals surface area contributed by atoms with Gasteiger partial charge in [0, 0.05) is 24.5 Å². The third kappa shape index (κ3) is 8.59. The number of aromatic carboxylic acids is 1. The lowest BCUT2D eigenvalue weighted by Gasteiger charge is -2.19. The van der Waals surface area contributed by atoms with Gasteiger partial charge in [0.2, 0.25) is 23.7 Å². The molecule has 4 aromatic rings. The van der Waals surface area contributed by atoms with E-state index in [1.165, 1.54) is 42.7 Å². The normalized spacial score (nSPS) is 16.0. The Balaban J connectivity index is 0.000000203. The van der Waals surface area contributed by atoms with Crippen LogP contribution in [0.2, 0.25) is 0 Å². The number of carbonyl (C=O) groups is 2. The second kappa shape index (κ2) is 13.7. The second-order valence-corrected chi connectivity index (χ2v) is 13.2. The first kappa shape index (κ1) is 37.9. The Hall–Kier alpha value is -5.30. The summed E-state index contributed by atoms with van der Waals surface area (Å²) in [6, 6.07) is 7.46. The fourth-order valence-electron chi connectivity index (χ4n) is 4.52. The van der Waals surface area contributed by atoms with Crippen LogP contribution in [0, 0.1) is 22.7 Å². The van der Waals surface area contributed by atoms with E-state index in [4.69, 9.17) is 19.3 Å². The number of carbonyl (C=O) groups excluding carboxylic acids is 1. The third-order valence-electron chi connectivity index (χ3n) is 8.02. The monoisotopic (exact) mass is 746 g/mol. The molecule has 1 N–H and O–H groups in total. The van der Waals surface area contributed by atoms with E-state index < -0.39 is 71.4 Å². The summed E-state index contributed by atoms with van der Waals surface area (Å²) in [4.78, 5) is 29.8. The SMILES string of the molecule is CC(C)(C)OC(=O)c1ccc(-n2ccc(OCC3(C(F)(F)F)CC3)n2)nc1F.O=C(O)c1ccc(-n2ccc(OCC3(C(F)(F)F)CC3)n2)nc1F. The predicted octanol–water partition coefficient (Wildman–Crippen LogP) is 6.91. The predicted molar refractivity (Wildman–Crippen MR) is 161 cm³/mol. The van der Waals surface area contributed by atoms with Crippen molar-refractivity contribution >= 4 is 11.9 Å². The molecular formula is C32H30F8N6O6. The summed E-state index contributed by atoms with van der Waals surface area (Å²) in [5.74, 6) is -4.62. The molecule has 0 amide bonds. The largest absolute Gasteiger partial charge is 0.478 e. The zero-order valence-corrected chi connectivity index (χ0v) is 27.6. The fraction of sp³-hybridized carbons (Fsp3) is 0.438. The summed E-state index contributed by atoms with van der Waals surface area (Å²) >= 11 is 0. The molecule has 52 heavy (non-hydrogen) atoms. The van der Waals surface area contributed by atoms with E-state index >= 15 is 0 Å². The number of hydrogen-bond acceptors (Lipinski definition) is 9. The Labute approximate surface area is 289 Å². The molecule has 20 heteroatoms. The molecule has 0 aliphatic heterocycles. The first-order chi connectivity index (χ1) is 24.1. The third-order valence-corrected chi connectivity index (χ3v) is 8.02. The number of ether oxygens (including phenoxy) is 3. The Bertz CT molecular complexity index is 1940. The van der Waals surface area contributed by atoms with Crippen molar-refractivity contribution in [2.45, 2.75) is 64.4 Å². The van der Waals surface area contributed by atoms with Gasteiger partial charge in [-0.15, -0.1) is 10.2 Å². The van der Waals surface area contributed by atoms with Crippen LogP contribution >= 0.6 is 0 Å². The van der Waals surface area contributed by atoms with Crippen molar-refractivity contribution in [3.8, 4) is 23.4 Å². The summed E-state index contributed by atoms with van der Waals surface area (Å²) in [5, 5.41) is 16.5. The van der Waals surface area contributed by atoms with Gasteiger partial charge in [-0.3, -0.25) is 0 Å². The van der Waals surface area contributed by atoms with E-state index in [2.05, 4.69) is 20.2 Å². The van der Waals surface area contributed by atoms with Gasteiger partial charge in [-0.25, -0.2) is 19.0 Å². The number of carboxylic acids is 1. The van der Waals surface area contributed by atoms with Gasteiger partial charge in [0.1, 0.15) is 40.8 Å². The fourth-order valence-corrected chi connectivity index (χ4v) is 4.52. The molecule has 0 atom stereocenters. The van der Waals surface area contributed by atoms with E-state index in [1.54, 1.807) is 20.8 Å². The number of nitrogens with zero attached hydrogens (tertiary/aromatic N) is 6. The van der Waals surface area contributed by atoms with Gasteiger partial charge in [-0.2, -0.15) is 45.1 Å². The lowest BCUT2D eigenvalue weighted by molar-refractivity contribution is -0.195. The van der Waals surface area contributed by atoms with Crippen molar-refractivity contribution < 1.29 is 64.0 Å². The van der Waals surface area contributed by atoms with E-state index in [1.807, 2.05) is 0 Å². The van der Waals surface area contributed by atoms with Crippen molar-refractivity contribution in [2.75, 3.05) is 13.2 Å². The zero-order valence-electron chi connectivity index (χ0n) is 27.6. The molecule has 4 heterocycles. The minimum absolute atomic E-state index is 0.0145. The number of rotatable bonds is 10. The highest BCUT2D eigenvalue weighted by molar-refractivity contribution is 5.89. The van der Waals surface area contributed by atoms with Crippen LogP contribution in [-0.2, 0) is 4.74 Å². The number of pyridine rings is 2. The van der Waals surface area contributed by atoms with Crippen LogP contribution in [0.25, 0.3) is 11.6 Å². The topological polar surface area (TPSA) is 143 Å². The Morgan fingerprint density at radius 3 is 1.44 bits per heavy atom. The highest BCUT2D eigenvalue weighted by Crippen LogP contribution is 2.58. The van der Waals surface area contributed by atoms with Gasteiger partial charge in [-0.05, 0) is 70.7 Å². The van der Waals surface area contributed by atoms with Crippen LogP contribution in [0.4, 0.5) is 35.1 Å². The van der Waals surface area contributed by atoms with Crippen LogP contribution in [0.1, 0.15) is 67.2 Å². The minimum atomic E-state index is -4.33. The first-order valence-corrected chi connectivity index (χ1v) is 15.4. The molecule has 0 bridgehead atoms. The van der Waals surface area contributed by atoms with Crippen LogP contribution in [0.15, 0.2) is 48.8 Å². The minimum Gasteiger partial charge on any atom is -0.478 e. The summed E-state index contributed by atoms with van der Waals surface area (Å²) in [6.45, 7) is 3.90. The highest BCUT2D eigenvalue weighted by Gasteiger charge is 2.64. The molecular weight excluding hydrogens is 716 g/mol. The van der Waals surface area contributed by atoms with E-state index in [0.29, 0.717) is 0 Å². The average Bonchev–Trinajstić information content (AvgIpc) is 3.91. The van der Waals surface area contributed by atoms with Crippen LogP contribution in [-0.4, -0.2) is 77.7 Å². The summed E-state index contributed by atoms with van der Waals surface area (Å²) in [7, 11) is 0. The first-order valence-electron chi connectivity index (χ1n) is 15.4. The lowest BCUT2D eigenvalue weighted by Crippen LogP contribution is -2.30. The number of alkyl halides is 6.